The van der Waals surface area contributed by atoms with Crippen LogP contribution in [0.1, 0.15) is 41.4 Å². The van der Waals surface area contributed by atoms with E-state index in [1.165, 1.54) is 0 Å². The van der Waals surface area contributed by atoms with E-state index in [1.54, 1.807) is 0 Å². The lowest BCUT2D eigenvalue weighted by molar-refractivity contribution is -0.124. The van der Waals surface area contributed by atoms with E-state index in [9.17, 15) is 9.59 Å². The van der Waals surface area contributed by atoms with Crippen molar-refractivity contribution in [2.45, 2.75) is 39.2 Å². The highest BCUT2D eigenvalue weighted by atomic mass is 16.5. The number of carbonyl (C=O) groups excluding carboxylic acids is 2. The van der Waals surface area contributed by atoms with E-state index in [0.29, 0.717) is 12.1 Å². The molecule has 6 heteroatoms. The molecule has 138 valence electrons. The summed E-state index contributed by atoms with van der Waals surface area (Å²) in [4.78, 5) is 29.2. The molecule has 1 amide bonds. The highest BCUT2D eigenvalue weighted by Crippen LogP contribution is 2.24. The van der Waals surface area contributed by atoms with Crippen LogP contribution in [-0.4, -0.2) is 42.7 Å². The quantitative estimate of drug-likeness (QED) is 0.805. The fraction of sp³-hybridized carbons (Fsp3) is 0.450. The number of aryl methyl sites for hydroxylation is 1. The summed E-state index contributed by atoms with van der Waals surface area (Å²) < 4.78 is 10.7. The molecule has 0 unspecified atom stereocenters. The van der Waals surface area contributed by atoms with E-state index in [4.69, 9.17) is 9.47 Å². The third kappa shape index (κ3) is 4.02. The Balaban J connectivity index is 1.69. The first-order valence-electron chi connectivity index (χ1n) is 9.03. The molecule has 1 aliphatic rings. The van der Waals surface area contributed by atoms with Crippen LogP contribution < -0.4 is 5.32 Å². The van der Waals surface area contributed by atoms with Gasteiger partial charge in [-0.2, -0.15) is 0 Å². The number of nitrogens with zero attached hydrogens (tertiary/aromatic N) is 1. The van der Waals surface area contributed by atoms with Crippen LogP contribution in [0.4, 0.5) is 0 Å². The van der Waals surface area contributed by atoms with Crippen molar-refractivity contribution >= 4 is 22.8 Å². The van der Waals surface area contributed by atoms with Gasteiger partial charge in [0.05, 0.1) is 17.2 Å². The predicted molar refractivity (Wildman–Crippen MR) is 98.1 cm³/mol. The third-order valence-corrected chi connectivity index (χ3v) is 4.66. The molecule has 6 nitrogen and oxygen atoms in total. The molecule has 0 spiro atoms. The fourth-order valence-electron chi connectivity index (χ4n) is 3.25. The lowest BCUT2D eigenvalue weighted by Gasteiger charge is -2.14. The molecule has 2 heterocycles. The summed E-state index contributed by atoms with van der Waals surface area (Å²) in [5.74, 6) is -0.816. The van der Waals surface area contributed by atoms with Gasteiger partial charge in [0.15, 0.2) is 6.61 Å². The predicted octanol–water partition coefficient (Wildman–Crippen LogP) is 2.56. The summed E-state index contributed by atoms with van der Waals surface area (Å²) in [6.45, 7) is 4.75. The SMILES string of the molecule is CCc1nc2ccccc2c(C(=O)OCC(=O)NC[C@H]2CCCO2)c1C. The largest absolute Gasteiger partial charge is 0.452 e. The molecule has 1 aromatic carbocycles. The number of amides is 1. The van der Waals surface area contributed by atoms with Gasteiger partial charge in [0.1, 0.15) is 0 Å². The minimum Gasteiger partial charge on any atom is -0.452 e. The molecule has 1 aliphatic heterocycles. The second-order valence-corrected chi connectivity index (χ2v) is 6.44. The number of aromatic nitrogens is 1. The van der Waals surface area contributed by atoms with Crippen molar-refractivity contribution in [3.8, 4) is 0 Å². The zero-order chi connectivity index (χ0) is 18.5. The van der Waals surface area contributed by atoms with Crippen LogP contribution in [-0.2, 0) is 20.7 Å². The molecule has 1 N–H and O–H groups in total. The average molecular weight is 356 g/mol. The smallest absolute Gasteiger partial charge is 0.339 e. The molecule has 2 aromatic rings. The second kappa shape index (κ2) is 8.27. The maximum Gasteiger partial charge on any atom is 0.339 e. The number of carbonyl (C=O) groups is 2. The standard InChI is InChI=1S/C20H24N2O4/c1-3-16-13(2)19(15-8-4-5-9-17(15)22-16)20(24)26-12-18(23)21-11-14-7-6-10-25-14/h4-5,8-9,14H,3,6-7,10-12H2,1-2H3,(H,21,23)/t14-/m1/s1. The normalized spacial score (nSPS) is 16.6. The number of para-hydroxylation sites is 1. The van der Waals surface area contributed by atoms with Crippen molar-refractivity contribution in [2.24, 2.45) is 0 Å². The van der Waals surface area contributed by atoms with Crippen LogP contribution in [0.15, 0.2) is 24.3 Å². The summed E-state index contributed by atoms with van der Waals surface area (Å²) in [5.41, 5.74) is 2.90. The fourth-order valence-corrected chi connectivity index (χ4v) is 3.25. The summed E-state index contributed by atoms with van der Waals surface area (Å²) in [5, 5.41) is 3.49. The van der Waals surface area contributed by atoms with Crippen LogP contribution in [0.3, 0.4) is 0 Å². The lowest BCUT2D eigenvalue weighted by Crippen LogP contribution is -2.34. The van der Waals surface area contributed by atoms with Crippen LogP contribution >= 0.6 is 0 Å². The molecule has 1 atom stereocenters. The van der Waals surface area contributed by atoms with Gasteiger partial charge in [-0.25, -0.2) is 4.79 Å². The number of hydrogen-bond donors (Lipinski definition) is 1. The van der Waals surface area contributed by atoms with E-state index < -0.39 is 5.97 Å². The first-order chi connectivity index (χ1) is 12.6. The monoisotopic (exact) mass is 356 g/mol. The van der Waals surface area contributed by atoms with Crippen molar-refractivity contribution < 1.29 is 19.1 Å². The molecule has 0 aliphatic carbocycles. The van der Waals surface area contributed by atoms with Gasteiger partial charge in [0, 0.05) is 24.2 Å². The number of rotatable bonds is 6. The number of nitrogens with one attached hydrogen (secondary N) is 1. The number of esters is 1. The first-order valence-corrected chi connectivity index (χ1v) is 9.03. The van der Waals surface area contributed by atoms with Crippen molar-refractivity contribution in [2.75, 3.05) is 19.8 Å². The zero-order valence-electron chi connectivity index (χ0n) is 15.2. The Morgan fingerprint density at radius 3 is 2.88 bits per heavy atom. The molecule has 1 fully saturated rings. The Labute approximate surface area is 152 Å². The molecule has 1 saturated heterocycles. The van der Waals surface area contributed by atoms with E-state index in [1.807, 2.05) is 38.1 Å². The number of ether oxygens (including phenoxy) is 2. The number of fused-ring (bicyclic) bond motifs is 1. The Kier molecular flexibility index (Phi) is 5.83. The van der Waals surface area contributed by atoms with Crippen LogP contribution in [0, 0.1) is 6.92 Å². The van der Waals surface area contributed by atoms with Gasteiger partial charge in [-0.3, -0.25) is 9.78 Å². The third-order valence-electron chi connectivity index (χ3n) is 4.66. The summed E-state index contributed by atoms with van der Waals surface area (Å²) in [7, 11) is 0. The van der Waals surface area contributed by atoms with Gasteiger partial charge in [-0.15, -0.1) is 0 Å². The van der Waals surface area contributed by atoms with Gasteiger partial charge in [0.25, 0.3) is 5.91 Å². The highest BCUT2D eigenvalue weighted by molar-refractivity contribution is 6.05. The molecular formula is C20H24N2O4. The minimum absolute atomic E-state index is 0.0631. The van der Waals surface area contributed by atoms with Gasteiger partial charge in [-0.1, -0.05) is 25.1 Å². The Morgan fingerprint density at radius 2 is 2.15 bits per heavy atom. The van der Waals surface area contributed by atoms with Crippen LogP contribution in [0.25, 0.3) is 10.9 Å². The Hall–Kier alpha value is -2.47. The van der Waals surface area contributed by atoms with Crippen molar-refractivity contribution in [1.29, 1.82) is 0 Å². The van der Waals surface area contributed by atoms with Gasteiger partial charge < -0.3 is 14.8 Å². The van der Waals surface area contributed by atoms with Gasteiger partial charge >= 0.3 is 5.97 Å². The average Bonchev–Trinajstić information content (AvgIpc) is 3.17. The molecule has 0 radical (unpaired) electrons. The summed E-state index contributed by atoms with van der Waals surface area (Å²) in [6, 6.07) is 7.47. The summed E-state index contributed by atoms with van der Waals surface area (Å²) >= 11 is 0. The Bertz CT molecular complexity index is 813. The number of benzene rings is 1. The summed E-state index contributed by atoms with van der Waals surface area (Å²) in [6.07, 6.45) is 2.75. The second-order valence-electron chi connectivity index (χ2n) is 6.44. The Morgan fingerprint density at radius 1 is 1.35 bits per heavy atom. The van der Waals surface area contributed by atoms with Crippen LogP contribution in [0.2, 0.25) is 0 Å². The highest BCUT2D eigenvalue weighted by Gasteiger charge is 2.20. The van der Waals surface area contributed by atoms with E-state index in [0.717, 1.165) is 48.0 Å². The van der Waals surface area contributed by atoms with E-state index in [2.05, 4.69) is 10.3 Å². The molecule has 1 aromatic heterocycles. The minimum atomic E-state index is -0.497. The van der Waals surface area contributed by atoms with Crippen molar-refractivity contribution in [3.63, 3.8) is 0 Å². The number of hydrogen-bond acceptors (Lipinski definition) is 5. The van der Waals surface area contributed by atoms with Crippen LogP contribution in [0.5, 0.6) is 0 Å². The van der Waals surface area contributed by atoms with Gasteiger partial charge in [0.2, 0.25) is 0 Å². The van der Waals surface area contributed by atoms with Gasteiger partial charge in [-0.05, 0) is 37.8 Å². The topological polar surface area (TPSA) is 77.5 Å². The zero-order valence-corrected chi connectivity index (χ0v) is 15.2. The van der Waals surface area contributed by atoms with Crippen molar-refractivity contribution in [1.82, 2.24) is 10.3 Å². The first kappa shape index (κ1) is 18.3. The van der Waals surface area contributed by atoms with Crippen molar-refractivity contribution in [3.05, 3.63) is 41.1 Å². The maximum atomic E-state index is 12.7. The maximum absolute atomic E-state index is 12.7. The van der Waals surface area contributed by atoms with E-state index >= 15 is 0 Å². The molecular weight excluding hydrogens is 332 g/mol. The lowest BCUT2D eigenvalue weighted by atomic mass is 10.0. The van der Waals surface area contributed by atoms with E-state index in [-0.39, 0.29) is 18.6 Å². The molecule has 3 rings (SSSR count). The molecule has 0 bridgehead atoms. The number of pyridine rings is 1. The molecule has 26 heavy (non-hydrogen) atoms. The molecule has 0 saturated carbocycles.